The molecule has 4 heteroatoms. The predicted octanol–water partition coefficient (Wildman–Crippen LogP) is 1.98. The Morgan fingerprint density at radius 3 is 2.74 bits per heavy atom. The van der Waals surface area contributed by atoms with E-state index in [0.717, 1.165) is 43.9 Å². The van der Waals surface area contributed by atoms with E-state index in [-0.39, 0.29) is 11.9 Å². The van der Waals surface area contributed by atoms with Gasteiger partial charge in [0, 0.05) is 13.1 Å². The summed E-state index contributed by atoms with van der Waals surface area (Å²) >= 11 is 0. The molecule has 0 saturated carbocycles. The summed E-state index contributed by atoms with van der Waals surface area (Å²) in [5.41, 5.74) is 2.11. The second-order valence-corrected chi connectivity index (χ2v) is 5.35. The van der Waals surface area contributed by atoms with Crippen LogP contribution in [-0.4, -0.2) is 31.6 Å². The van der Waals surface area contributed by atoms with Gasteiger partial charge in [-0.15, -0.1) is 0 Å². The van der Waals surface area contributed by atoms with Gasteiger partial charge in [-0.1, -0.05) is 12.1 Å². The van der Waals surface area contributed by atoms with Gasteiger partial charge in [0.15, 0.2) is 0 Å². The molecule has 19 heavy (non-hydrogen) atoms. The minimum atomic E-state index is -0.0216. The van der Waals surface area contributed by atoms with E-state index >= 15 is 0 Å². The van der Waals surface area contributed by atoms with E-state index in [2.05, 4.69) is 21.6 Å². The fourth-order valence-electron chi connectivity index (χ4n) is 2.94. The van der Waals surface area contributed by atoms with Crippen LogP contribution in [0.25, 0.3) is 0 Å². The Balaban J connectivity index is 1.74. The third-order valence-electron chi connectivity index (χ3n) is 3.99. The zero-order chi connectivity index (χ0) is 13.1. The predicted molar refractivity (Wildman–Crippen MR) is 77.5 cm³/mol. The molecule has 102 valence electrons. The highest BCUT2D eigenvalue weighted by molar-refractivity contribution is 5.97. The maximum Gasteiger partial charge on any atom is 0.241 e. The van der Waals surface area contributed by atoms with Crippen molar-refractivity contribution in [3.63, 3.8) is 0 Å². The Bertz CT molecular complexity index is 448. The molecule has 0 radical (unpaired) electrons. The first-order valence-electron chi connectivity index (χ1n) is 7.23. The van der Waals surface area contributed by atoms with E-state index in [4.69, 9.17) is 0 Å². The van der Waals surface area contributed by atoms with Gasteiger partial charge in [-0.25, -0.2) is 0 Å². The Morgan fingerprint density at radius 2 is 2.00 bits per heavy atom. The van der Waals surface area contributed by atoms with Crippen LogP contribution in [0.4, 0.5) is 11.4 Å². The van der Waals surface area contributed by atoms with Gasteiger partial charge < -0.3 is 15.5 Å². The first-order chi connectivity index (χ1) is 9.34. The molecule has 1 aromatic rings. The first-order valence-corrected chi connectivity index (χ1v) is 7.23. The minimum Gasteiger partial charge on any atom is -0.370 e. The summed E-state index contributed by atoms with van der Waals surface area (Å²) in [7, 11) is 0. The van der Waals surface area contributed by atoms with Crippen LogP contribution in [0.2, 0.25) is 0 Å². The van der Waals surface area contributed by atoms with Crippen molar-refractivity contribution in [2.75, 3.05) is 29.9 Å². The van der Waals surface area contributed by atoms with Crippen molar-refractivity contribution >= 4 is 17.3 Å². The van der Waals surface area contributed by atoms with Crippen molar-refractivity contribution in [1.82, 2.24) is 5.32 Å². The van der Waals surface area contributed by atoms with Gasteiger partial charge in [-0.2, -0.15) is 0 Å². The second-order valence-electron chi connectivity index (χ2n) is 5.35. The molecule has 2 fully saturated rings. The number of carbonyl (C=O) groups excluding carboxylic acids is 1. The fourth-order valence-corrected chi connectivity index (χ4v) is 2.94. The zero-order valence-corrected chi connectivity index (χ0v) is 11.2. The number of benzene rings is 1. The SMILES string of the molecule is O=C(Nc1ccccc1N1CCCC1)[C@H]1CCCN1. The van der Waals surface area contributed by atoms with Crippen LogP contribution in [0.1, 0.15) is 25.7 Å². The highest BCUT2D eigenvalue weighted by Crippen LogP contribution is 2.28. The molecule has 4 nitrogen and oxygen atoms in total. The van der Waals surface area contributed by atoms with Crippen LogP contribution in [0.3, 0.4) is 0 Å². The largest absolute Gasteiger partial charge is 0.370 e. The Hall–Kier alpha value is -1.55. The number of para-hydroxylation sites is 2. The van der Waals surface area contributed by atoms with Crippen LogP contribution in [-0.2, 0) is 4.79 Å². The Morgan fingerprint density at radius 1 is 1.21 bits per heavy atom. The summed E-state index contributed by atoms with van der Waals surface area (Å²) in [5.74, 6) is 0.101. The molecule has 2 aliphatic heterocycles. The van der Waals surface area contributed by atoms with Crippen molar-refractivity contribution in [3.8, 4) is 0 Å². The summed E-state index contributed by atoms with van der Waals surface area (Å²) in [5, 5.41) is 6.33. The van der Waals surface area contributed by atoms with E-state index in [1.807, 2.05) is 18.2 Å². The number of nitrogens with one attached hydrogen (secondary N) is 2. The third-order valence-corrected chi connectivity index (χ3v) is 3.99. The van der Waals surface area contributed by atoms with E-state index in [1.54, 1.807) is 0 Å². The molecule has 2 aliphatic rings. The molecule has 1 aromatic carbocycles. The van der Waals surface area contributed by atoms with Gasteiger partial charge in [-0.3, -0.25) is 4.79 Å². The minimum absolute atomic E-state index is 0.0216. The quantitative estimate of drug-likeness (QED) is 0.872. The number of nitrogens with zero attached hydrogens (tertiary/aromatic N) is 1. The summed E-state index contributed by atoms with van der Waals surface area (Å²) in [6.45, 7) is 3.13. The number of hydrogen-bond donors (Lipinski definition) is 2. The molecule has 2 saturated heterocycles. The molecule has 2 N–H and O–H groups in total. The van der Waals surface area contributed by atoms with Gasteiger partial charge >= 0.3 is 0 Å². The van der Waals surface area contributed by atoms with Crippen molar-refractivity contribution in [2.24, 2.45) is 0 Å². The molecular formula is C15H21N3O. The fraction of sp³-hybridized carbons (Fsp3) is 0.533. The van der Waals surface area contributed by atoms with Crippen LogP contribution >= 0.6 is 0 Å². The van der Waals surface area contributed by atoms with Crippen LogP contribution in [0, 0.1) is 0 Å². The molecule has 0 unspecified atom stereocenters. The van der Waals surface area contributed by atoms with Crippen molar-refractivity contribution in [3.05, 3.63) is 24.3 Å². The molecule has 1 amide bonds. The molecule has 0 bridgehead atoms. The molecule has 1 atom stereocenters. The van der Waals surface area contributed by atoms with Gasteiger partial charge in [0.1, 0.15) is 0 Å². The average molecular weight is 259 g/mol. The van der Waals surface area contributed by atoms with E-state index < -0.39 is 0 Å². The highest BCUT2D eigenvalue weighted by Gasteiger charge is 2.23. The molecule has 3 rings (SSSR count). The van der Waals surface area contributed by atoms with Crippen molar-refractivity contribution in [2.45, 2.75) is 31.7 Å². The maximum atomic E-state index is 12.2. The van der Waals surface area contributed by atoms with E-state index in [0.29, 0.717) is 0 Å². The van der Waals surface area contributed by atoms with Gasteiger partial charge in [0.05, 0.1) is 17.4 Å². The number of hydrogen-bond acceptors (Lipinski definition) is 3. The lowest BCUT2D eigenvalue weighted by atomic mass is 10.2. The zero-order valence-electron chi connectivity index (χ0n) is 11.2. The second kappa shape index (κ2) is 5.61. The van der Waals surface area contributed by atoms with Gasteiger partial charge in [0.2, 0.25) is 5.91 Å². The monoisotopic (exact) mass is 259 g/mol. The van der Waals surface area contributed by atoms with Gasteiger partial charge in [-0.05, 0) is 44.4 Å². The highest BCUT2D eigenvalue weighted by atomic mass is 16.2. The summed E-state index contributed by atoms with van der Waals surface area (Å²) in [4.78, 5) is 14.5. The van der Waals surface area contributed by atoms with Crippen molar-refractivity contribution in [1.29, 1.82) is 0 Å². The number of rotatable bonds is 3. The summed E-state index contributed by atoms with van der Waals surface area (Å²) < 4.78 is 0. The van der Waals surface area contributed by atoms with Crippen LogP contribution in [0.15, 0.2) is 24.3 Å². The third kappa shape index (κ3) is 2.73. The average Bonchev–Trinajstić information content (AvgIpc) is 3.13. The lowest BCUT2D eigenvalue weighted by Gasteiger charge is -2.22. The molecule has 0 spiro atoms. The molecule has 0 aromatic heterocycles. The number of carbonyl (C=O) groups is 1. The lowest BCUT2D eigenvalue weighted by Crippen LogP contribution is -2.36. The van der Waals surface area contributed by atoms with Crippen LogP contribution < -0.4 is 15.5 Å². The van der Waals surface area contributed by atoms with Gasteiger partial charge in [0.25, 0.3) is 0 Å². The Labute approximate surface area is 114 Å². The molecular weight excluding hydrogens is 238 g/mol. The van der Waals surface area contributed by atoms with E-state index in [9.17, 15) is 4.79 Å². The normalized spacial score (nSPS) is 22.7. The number of amides is 1. The van der Waals surface area contributed by atoms with Crippen LogP contribution in [0.5, 0.6) is 0 Å². The summed E-state index contributed by atoms with van der Waals surface area (Å²) in [6.07, 6.45) is 4.52. The maximum absolute atomic E-state index is 12.2. The molecule has 0 aliphatic carbocycles. The smallest absolute Gasteiger partial charge is 0.241 e. The van der Waals surface area contributed by atoms with E-state index in [1.165, 1.54) is 12.8 Å². The van der Waals surface area contributed by atoms with Crippen molar-refractivity contribution < 1.29 is 4.79 Å². The number of anilines is 2. The first kappa shape index (κ1) is 12.5. The standard InChI is InChI=1S/C15H21N3O/c19-15(13-7-5-9-16-13)17-12-6-1-2-8-14(12)18-10-3-4-11-18/h1-2,6,8,13,16H,3-5,7,9-11H2,(H,17,19)/t13-/m1/s1. The Kier molecular flexibility index (Phi) is 3.69. The lowest BCUT2D eigenvalue weighted by molar-refractivity contribution is -0.117. The summed E-state index contributed by atoms with van der Waals surface area (Å²) in [6, 6.07) is 8.10. The topological polar surface area (TPSA) is 44.4 Å². The molecule has 2 heterocycles.